The molecule has 5 heteroatoms. The standard InChI is InChI=1S/C20H31N3O2/c1-17-4-2-5-19(21-17)14-23-7-3-6-20(16-23)12-18(15-25-20)13-22-8-10-24-11-9-22/h2,4-5,18H,3,6-16H2,1H3/t18-,20-/m0/s1. The molecule has 3 aliphatic rings. The van der Waals surface area contributed by atoms with Gasteiger partial charge in [0, 0.05) is 38.4 Å². The highest BCUT2D eigenvalue weighted by Crippen LogP contribution is 2.38. The molecule has 0 unspecified atom stereocenters. The highest BCUT2D eigenvalue weighted by molar-refractivity contribution is 5.10. The normalized spacial score (nSPS) is 31.6. The molecule has 0 amide bonds. The molecule has 0 aliphatic carbocycles. The third-order valence-electron chi connectivity index (χ3n) is 5.86. The molecular formula is C20H31N3O2. The number of likely N-dealkylation sites (tertiary alicyclic amines) is 1. The molecule has 138 valence electrons. The molecule has 25 heavy (non-hydrogen) atoms. The molecule has 0 N–H and O–H groups in total. The molecular weight excluding hydrogens is 314 g/mol. The summed E-state index contributed by atoms with van der Waals surface area (Å²) in [5.74, 6) is 0.676. The highest BCUT2D eigenvalue weighted by Gasteiger charge is 2.43. The maximum Gasteiger partial charge on any atom is 0.0813 e. The molecule has 0 bridgehead atoms. The quantitative estimate of drug-likeness (QED) is 0.835. The van der Waals surface area contributed by atoms with Crippen LogP contribution in [0.15, 0.2) is 18.2 Å². The number of aromatic nitrogens is 1. The zero-order valence-electron chi connectivity index (χ0n) is 15.5. The van der Waals surface area contributed by atoms with Crippen LogP contribution in [0.1, 0.15) is 30.7 Å². The summed E-state index contributed by atoms with van der Waals surface area (Å²) in [4.78, 5) is 9.77. The zero-order valence-corrected chi connectivity index (χ0v) is 15.5. The van der Waals surface area contributed by atoms with Gasteiger partial charge in [0.05, 0.1) is 31.1 Å². The second-order valence-corrected chi connectivity index (χ2v) is 8.06. The topological polar surface area (TPSA) is 37.8 Å². The van der Waals surface area contributed by atoms with Gasteiger partial charge in [-0.3, -0.25) is 14.8 Å². The van der Waals surface area contributed by atoms with Crippen molar-refractivity contribution < 1.29 is 9.47 Å². The van der Waals surface area contributed by atoms with Crippen molar-refractivity contribution in [2.24, 2.45) is 5.92 Å². The molecule has 5 nitrogen and oxygen atoms in total. The maximum absolute atomic E-state index is 6.41. The van der Waals surface area contributed by atoms with Crippen molar-refractivity contribution in [2.75, 3.05) is 52.5 Å². The summed E-state index contributed by atoms with van der Waals surface area (Å²) < 4.78 is 11.9. The Morgan fingerprint density at radius 1 is 1.20 bits per heavy atom. The number of nitrogens with zero attached hydrogens (tertiary/aromatic N) is 3. The van der Waals surface area contributed by atoms with E-state index in [0.717, 1.165) is 58.2 Å². The van der Waals surface area contributed by atoms with E-state index in [1.54, 1.807) is 0 Å². The minimum Gasteiger partial charge on any atom is -0.379 e. The van der Waals surface area contributed by atoms with E-state index in [2.05, 4.69) is 39.9 Å². The number of hydrogen-bond acceptors (Lipinski definition) is 5. The maximum atomic E-state index is 6.41. The summed E-state index contributed by atoms with van der Waals surface area (Å²) in [7, 11) is 0. The summed E-state index contributed by atoms with van der Waals surface area (Å²) in [6, 6.07) is 6.32. The minimum atomic E-state index is 0.0824. The summed E-state index contributed by atoms with van der Waals surface area (Å²) in [5, 5.41) is 0. The Bertz CT molecular complexity index is 576. The lowest BCUT2D eigenvalue weighted by Gasteiger charge is -2.40. The molecule has 2 atom stereocenters. The first kappa shape index (κ1) is 17.4. The van der Waals surface area contributed by atoms with Gasteiger partial charge in [-0.2, -0.15) is 0 Å². The van der Waals surface area contributed by atoms with Gasteiger partial charge in [-0.1, -0.05) is 6.07 Å². The van der Waals surface area contributed by atoms with Crippen LogP contribution in [0, 0.1) is 12.8 Å². The third-order valence-corrected chi connectivity index (χ3v) is 5.86. The minimum absolute atomic E-state index is 0.0824. The second-order valence-electron chi connectivity index (χ2n) is 8.06. The fourth-order valence-corrected chi connectivity index (χ4v) is 4.73. The Labute approximate surface area is 151 Å². The van der Waals surface area contributed by atoms with E-state index in [0.29, 0.717) is 5.92 Å². The molecule has 0 saturated carbocycles. The van der Waals surface area contributed by atoms with E-state index < -0.39 is 0 Å². The average molecular weight is 345 g/mol. The number of pyridine rings is 1. The Hall–Kier alpha value is -1.01. The van der Waals surface area contributed by atoms with E-state index in [1.165, 1.54) is 31.5 Å². The van der Waals surface area contributed by atoms with Gasteiger partial charge in [0.1, 0.15) is 0 Å². The SMILES string of the molecule is Cc1cccc(CN2CCC[C@]3(C[C@@H](CN4CCOCC4)CO3)C2)n1. The van der Waals surface area contributed by atoms with Crippen LogP contribution in [0.3, 0.4) is 0 Å². The average Bonchev–Trinajstić information content (AvgIpc) is 2.97. The fraction of sp³-hybridized carbons (Fsp3) is 0.750. The first-order valence-corrected chi connectivity index (χ1v) is 9.80. The van der Waals surface area contributed by atoms with E-state index in [1.807, 2.05) is 0 Å². The highest BCUT2D eigenvalue weighted by atomic mass is 16.5. The van der Waals surface area contributed by atoms with Gasteiger partial charge in [0.25, 0.3) is 0 Å². The van der Waals surface area contributed by atoms with E-state index in [-0.39, 0.29) is 5.60 Å². The molecule has 3 aliphatic heterocycles. The van der Waals surface area contributed by atoms with Crippen molar-refractivity contribution in [2.45, 2.75) is 38.3 Å². The van der Waals surface area contributed by atoms with Crippen LogP contribution < -0.4 is 0 Å². The lowest BCUT2D eigenvalue weighted by atomic mass is 9.86. The zero-order chi connectivity index (χ0) is 17.1. The lowest BCUT2D eigenvalue weighted by molar-refractivity contribution is -0.0539. The van der Waals surface area contributed by atoms with E-state index >= 15 is 0 Å². The van der Waals surface area contributed by atoms with Crippen LogP contribution in [0.2, 0.25) is 0 Å². The molecule has 4 heterocycles. The predicted octanol–water partition coefficient (Wildman–Crippen LogP) is 2.09. The van der Waals surface area contributed by atoms with Gasteiger partial charge in [-0.05, 0) is 50.8 Å². The van der Waals surface area contributed by atoms with Crippen molar-refractivity contribution in [1.82, 2.24) is 14.8 Å². The largest absolute Gasteiger partial charge is 0.379 e. The molecule has 1 aromatic rings. The first-order chi connectivity index (χ1) is 12.2. The van der Waals surface area contributed by atoms with Gasteiger partial charge in [0.15, 0.2) is 0 Å². The Morgan fingerprint density at radius 2 is 2.08 bits per heavy atom. The van der Waals surface area contributed by atoms with Crippen molar-refractivity contribution in [3.05, 3.63) is 29.6 Å². The molecule has 3 fully saturated rings. The Balaban J connectivity index is 1.32. The molecule has 0 aromatic carbocycles. The second kappa shape index (κ2) is 7.70. The Kier molecular flexibility index (Phi) is 5.36. The van der Waals surface area contributed by atoms with Crippen LogP contribution in [-0.4, -0.2) is 72.9 Å². The van der Waals surface area contributed by atoms with Crippen molar-refractivity contribution in [3.8, 4) is 0 Å². The van der Waals surface area contributed by atoms with Crippen LogP contribution in [-0.2, 0) is 16.0 Å². The van der Waals surface area contributed by atoms with Gasteiger partial charge in [-0.25, -0.2) is 0 Å². The number of piperidine rings is 1. The molecule has 3 saturated heterocycles. The molecule has 1 spiro atoms. The Morgan fingerprint density at radius 3 is 2.92 bits per heavy atom. The molecule has 4 rings (SSSR count). The van der Waals surface area contributed by atoms with Gasteiger partial charge < -0.3 is 9.47 Å². The monoisotopic (exact) mass is 345 g/mol. The summed E-state index contributed by atoms with van der Waals surface area (Å²) >= 11 is 0. The van der Waals surface area contributed by atoms with Gasteiger partial charge in [-0.15, -0.1) is 0 Å². The third kappa shape index (κ3) is 4.40. The van der Waals surface area contributed by atoms with E-state index in [9.17, 15) is 0 Å². The smallest absolute Gasteiger partial charge is 0.0813 e. The predicted molar refractivity (Wildman–Crippen MR) is 97.5 cm³/mol. The fourth-order valence-electron chi connectivity index (χ4n) is 4.73. The van der Waals surface area contributed by atoms with Crippen molar-refractivity contribution >= 4 is 0 Å². The van der Waals surface area contributed by atoms with E-state index in [4.69, 9.17) is 9.47 Å². The first-order valence-electron chi connectivity index (χ1n) is 9.80. The van der Waals surface area contributed by atoms with Crippen LogP contribution in [0.4, 0.5) is 0 Å². The number of hydrogen-bond donors (Lipinski definition) is 0. The summed E-state index contributed by atoms with van der Waals surface area (Å²) in [6.07, 6.45) is 3.66. The number of aryl methyl sites for hydroxylation is 1. The van der Waals surface area contributed by atoms with Gasteiger partial charge >= 0.3 is 0 Å². The number of ether oxygens (including phenoxy) is 2. The van der Waals surface area contributed by atoms with Crippen molar-refractivity contribution in [3.63, 3.8) is 0 Å². The van der Waals surface area contributed by atoms with Crippen molar-refractivity contribution in [1.29, 1.82) is 0 Å². The van der Waals surface area contributed by atoms with Crippen LogP contribution in [0.5, 0.6) is 0 Å². The van der Waals surface area contributed by atoms with Crippen LogP contribution >= 0.6 is 0 Å². The summed E-state index contributed by atoms with van der Waals surface area (Å²) in [6.45, 7) is 11.3. The van der Waals surface area contributed by atoms with Gasteiger partial charge in [0.2, 0.25) is 0 Å². The summed E-state index contributed by atoms with van der Waals surface area (Å²) in [5.41, 5.74) is 2.37. The lowest BCUT2D eigenvalue weighted by Crippen LogP contribution is -2.47. The van der Waals surface area contributed by atoms with Crippen LogP contribution in [0.25, 0.3) is 0 Å². The number of morpholine rings is 1. The molecule has 1 aromatic heterocycles. The number of rotatable bonds is 4. The molecule has 0 radical (unpaired) electrons.